The Labute approximate surface area is 119 Å². The molecular formula is C14H19Cl2NO. The first-order chi connectivity index (χ1) is 8.32. The molecule has 3 rings (SSSR count). The Morgan fingerprint density at radius 1 is 1.22 bits per heavy atom. The fourth-order valence-corrected chi connectivity index (χ4v) is 3.48. The molecule has 100 valence electrons. The molecule has 0 radical (unpaired) electrons. The van der Waals surface area contributed by atoms with Crippen molar-refractivity contribution in [1.82, 2.24) is 5.32 Å². The zero-order valence-electron chi connectivity index (χ0n) is 10.3. The zero-order valence-corrected chi connectivity index (χ0v) is 11.9. The topological polar surface area (TPSA) is 21.3 Å². The van der Waals surface area contributed by atoms with Gasteiger partial charge in [0.05, 0.1) is 18.2 Å². The molecule has 1 spiro atoms. The maximum absolute atomic E-state index is 6.32. The molecule has 1 saturated carbocycles. The Morgan fingerprint density at radius 2 is 1.94 bits per heavy atom. The van der Waals surface area contributed by atoms with Crippen LogP contribution in [-0.2, 0) is 4.74 Å². The molecule has 0 bridgehead atoms. The standard InChI is InChI=1S/C14H18ClNO.ClH/c15-12-6-2-1-5-11(12)13-14(7-3-4-8-14)17-10-9-16-13;/h1-2,5-6,13,16H,3-4,7-10H2;1H. The third kappa shape index (κ3) is 2.39. The normalized spacial score (nSPS) is 25.9. The molecule has 1 saturated heterocycles. The average Bonchev–Trinajstić information content (AvgIpc) is 2.80. The molecule has 1 unspecified atom stereocenters. The predicted molar refractivity (Wildman–Crippen MR) is 76.6 cm³/mol. The van der Waals surface area contributed by atoms with Gasteiger partial charge in [0.15, 0.2) is 0 Å². The van der Waals surface area contributed by atoms with E-state index in [4.69, 9.17) is 16.3 Å². The molecule has 2 nitrogen and oxygen atoms in total. The second kappa shape index (κ2) is 5.79. The van der Waals surface area contributed by atoms with E-state index in [1.807, 2.05) is 12.1 Å². The van der Waals surface area contributed by atoms with E-state index in [1.165, 1.54) is 18.4 Å². The number of benzene rings is 1. The van der Waals surface area contributed by atoms with Crippen molar-refractivity contribution in [3.63, 3.8) is 0 Å². The van der Waals surface area contributed by atoms with Crippen LogP contribution in [0.25, 0.3) is 0 Å². The predicted octanol–water partition coefficient (Wildman–Crippen LogP) is 3.74. The summed E-state index contributed by atoms with van der Waals surface area (Å²) in [5, 5.41) is 4.45. The molecule has 1 aromatic carbocycles. The van der Waals surface area contributed by atoms with Crippen LogP contribution in [0.3, 0.4) is 0 Å². The van der Waals surface area contributed by atoms with Crippen molar-refractivity contribution >= 4 is 24.0 Å². The molecule has 2 fully saturated rings. The van der Waals surface area contributed by atoms with Crippen LogP contribution in [-0.4, -0.2) is 18.8 Å². The molecule has 1 atom stereocenters. The molecule has 0 aromatic heterocycles. The van der Waals surface area contributed by atoms with Gasteiger partial charge in [-0.3, -0.25) is 0 Å². The molecule has 2 aliphatic rings. The van der Waals surface area contributed by atoms with Crippen LogP contribution < -0.4 is 5.32 Å². The molecule has 1 aliphatic heterocycles. The summed E-state index contributed by atoms with van der Waals surface area (Å²) in [4.78, 5) is 0. The molecule has 1 aliphatic carbocycles. The van der Waals surface area contributed by atoms with Crippen molar-refractivity contribution in [3.8, 4) is 0 Å². The Kier molecular flexibility index (Phi) is 4.54. The van der Waals surface area contributed by atoms with Gasteiger partial charge in [-0.1, -0.05) is 42.6 Å². The Hall–Kier alpha value is -0.280. The highest BCUT2D eigenvalue weighted by atomic mass is 35.5. The number of rotatable bonds is 1. The van der Waals surface area contributed by atoms with Crippen LogP contribution in [0.4, 0.5) is 0 Å². The van der Waals surface area contributed by atoms with Crippen LogP contribution >= 0.6 is 24.0 Å². The maximum atomic E-state index is 6.32. The lowest BCUT2D eigenvalue weighted by Gasteiger charge is -2.42. The van der Waals surface area contributed by atoms with E-state index >= 15 is 0 Å². The van der Waals surface area contributed by atoms with E-state index in [0.717, 1.165) is 31.0 Å². The minimum Gasteiger partial charge on any atom is -0.372 e. The van der Waals surface area contributed by atoms with Gasteiger partial charge in [0.25, 0.3) is 0 Å². The molecule has 18 heavy (non-hydrogen) atoms. The highest BCUT2D eigenvalue weighted by Crippen LogP contribution is 2.45. The van der Waals surface area contributed by atoms with Gasteiger partial charge in [-0.05, 0) is 24.5 Å². The van der Waals surface area contributed by atoms with Crippen LogP contribution in [0.1, 0.15) is 37.3 Å². The van der Waals surface area contributed by atoms with Crippen LogP contribution in [0.5, 0.6) is 0 Å². The maximum Gasteiger partial charge on any atom is 0.0877 e. The Bertz CT molecular complexity index is 405. The number of nitrogens with one attached hydrogen (secondary N) is 1. The molecular weight excluding hydrogens is 269 g/mol. The number of halogens is 2. The van der Waals surface area contributed by atoms with Gasteiger partial charge in [0.2, 0.25) is 0 Å². The average molecular weight is 288 g/mol. The van der Waals surface area contributed by atoms with E-state index in [1.54, 1.807) is 0 Å². The monoisotopic (exact) mass is 287 g/mol. The Balaban J connectivity index is 0.00000120. The van der Waals surface area contributed by atoms with Crippen LogP contribution in [0.15, 0.2) is 24.3 Å². The van der Waals surface area contributed by atoms with Crippen molar-refractivity contribution < 1.29 is 4.74 Å². The van der Waals surface area contributed by atoms with E-state index in [9.17, 15) is 0 Å². The van der Waals surface area contributed by atoms with Gasteiger partial charge < -0.3 is 10.1 Å². The van der Waals surface area contributed by atoms with Gasteiger partial charge in [-0.25, -0.2) is 0 Å². The second-order valence-corrected chi connectivity index (χ2v) is 5.44. The van der Waals surface area contributed by atoms with Crippen molar-refractivity contribution in [1.29, 1.82) is 0 Å². The molecule has 4 heteroatoms. The van der Waals surface area contributed by atoms with E-state index in [-0.39, 0.29) is 24.0 Å². The van der Waals surface area contributed by atoms with Crippen LogP contribution in [0.2, 0.25) is 5.02 Å². The first-order valence-electron chi connectivity index (χ1n) is 6.44. The first-order valence-corrected chi connectivity index (χ1v) is 6.81. The fraction of sp³-hybridized carbons (Fsp3) is 0.571. The summed E-state index contributed by atoms with van der Waals surface area (Å²) in [7, 11) is 0. The molecule has 0 amide bonds. The van der Waals surface area contributed by atoms with Gasteiger partial charge in [0.1, 0.15) is 0 Å². The van der Waals surface area contributed by atoms with Crippen molar-refractivity contribution in [3.05, 3.63) is 34.9 Å². The van der Waals surface area contributed by atoms with Gasteiger partial charge in [-0.15, -0.1) is 12.4 Å². The first kappa shape index (κ1) is 14.1. The zero-order chi connectivity index (χ0) is 11.7. The number of hydrogen-bond donors (Lipinski definition) is 1. The number of hydrogen-bond acceptors (Lipinski definition) is 2. The summed E-state index contributed by atoms with van der Waals surface area (Å²) < 4.78 is 6.13. The number of ether oxygens (including phenoxy) is 1. The molecule has 1 N–H and O–H groups in total. The van der Waals surface area contributed by atoms with Crippen molar-refractivity contribution in [2.24, 2.45) is 0 Å². The van der Waals surface area contributed by atoms with Crippen molar-refractivity contribution in [2.75, 3.05) is 13.2 Å². The molecule has 1 aromatic rings. The van der Waals surface area contributed by atoms with Crippen molar-refractivity contribution in [2.45, 2.75) is 37.3 Å². The van der Waals surface area contributed by atoms with Gasteiger partial charge in [-0.2, -0.15) is 0 Å². The second-order valence-electron chi connectivity index (χ2n) is 5.03. The summed E-state index contributed by atoms with van der Waals surface area (Å²) in [5.41, 5.74) is 1.18. The highest BCUT2D eigenvalue weighted by Gasteiger charge is 2.45. The Morgan fingerprint density at radius 3 is 2.67 bits per heavy atom. The van der Waals surface area contributed by atoms with Crippen LogP contribution in [0, 0.1) is 0 Å². The third-order valence-electron chi connectivity index (χ3n) is 4.03. The fourth-order valence-electron chi connectivity index (χ4n) is 3.24. The van der Waals surface area contributed by atoms with E-state index < -0.39 is 0 Å². The third-order valence-corrected chi connectivity index (χ3v) is 4.38. The van der Waals surface area contributed by atoms with Gasteiger partial charge >= 0.3 is 0 Å². The van der Waals surface area contributed by atoms with E-state index in [0.29, 0.717) is 0 Å². The summed E-state index contributed by atoms with van der Waals surface area (Å²) in [6.07, 6.45) is 4.83. The summed E-state index contributed by atoms with van der Waals surface area (Å²) in [6.45, 7) is 1.73. The lowest BCUT2D eigenvalue weighted by molar-refractivity contribution is -0.0934. The summed E-state index contributed by atoms with van der Waals surface area (Å²) in [5.74, 6) is 0. The van der Waals surface area contributed by atoms with Gasteiger partial charge in [0, 0.05) is 11.6 Å². The van der Waals surface area contributed by atoms with E-state index in [2.05, 4.69) is 17.4 Å². The highest BCUT2D eigenvalue weighted by molar-refractivity contribution is 6.31. The molecule has 1 heterocycles. The number of morpholine rings is 1. The lowest BCUT2D eigenvalue weighted by atomic mass is 9.85. The minimum atomic E-state index is -0.0107. The minimum absolute atomic E-state index is 0. The SMILES string of the molecule is Cl.Clc1ccccc1C1NCCOC12CCCC2. The largest absolute Gasteiger partial charge is 0.372 e. The smallest absolute Gasteiger partial charge is 0.0877 e. The lowest BCUT2D eigenvalue weighted by Crippen LogP contribution is -2.50. The quantitative estimate of drug-likeness (QED) is 0.850. The summed E-state index contributed by atoms with van der Waals surface area (Å²) >= 11 is 6.32. The summed E-state index contributed by atoms with van der Waals surface area (Å²) in [6, 6.07) is 8.38.